The van der Waals surface area contributed by atoms with Crippen molar-refractivity contribution in [1.29, 1.82) is 0 Å². The summed E-state index contributed by atoms with van der Waals surface area (Å²) in [6.07, 6.45) is 0. The second kappa shape index (κ2) is 9.68. The van der Waals surface area contributed by atoms with Gasteiger partial charge in [-0.15, -0.1) is 0 Å². The molecule has 0 fully saturated rings. The van der Waals surface area contributed by atoms with E-state index >= 15 is 0 Å². The zero-order valence-corrected chi connectivity index (χ0v) is 18.2. The van der Waals surface area contributed by atoms with Crippen LogP contribution >= 0.6 is 11.6 Å². The number of carbonyl (C=O) groups is 1. The van der Waals surface area contributed by atoms with E-state index in [0.717, 1.165) is 5.56 Å². The SMILES string of the molecule is CNS(=O)(=O)Cc1ccc(CNC(=O)[C@H](C)NS(=O)(=O)c2ccc(Cl)cc2)cc1. The summed E-state index contributed by atoms with van der Waals surface area (Å²) >= 11 is 5.75. The normalized spacial score (nSPS) is 13.1. The van der Waals surface area contributed by atoms with Crippen LogP contribution in [0.2, 0.25) is 5.02 Å². The fourth-order valence-electron chi connectivity index (χ4n) is 2.36. The standard InChI is InChI=1S/C18H22ClN3O5S2/c1-13(22-29(26,27)17-9-7-16(19)8-10-17)18(23)21-11-14-3-5-15(6-4-14)12-28(24,25)20-2/h3-10,13,20,22H,11-12H2,1-2H3,(H,21,23)/t13-/m0/s1. The van der Waals surface area contributed by atoms with Crippen LogP contribution in [0.3, 0.4) is 0 Å². The second-order valence-corrected chi connectivity index (χ2v) is 10.4. The summed E-state index contributed by atoms with van der Waals surface area (Å²) in [6, 6.07) is 11.3. The molecule has 0 aliphatic rings. The van der Waals surface area contributed by atoms with E-state index in [9.17, 15) is 21.6 Å². The number of hydrogen-bond acceptors (Lipinski definition) is 5. The van der Waals surface area contributed by atoms with Gasteiger partial charge < -0.3 is 5.32 Å². The van der Waals surface area contributed by atoms with Gasteiger partial charge in [0.25, 0.3) is 0 Å². The summed E-state index contributed by atoms with van der Waals surface area (Å²) < 4.78 is 52.3. The van der Waals surface area contributed by atoms with E-state index in [-0.39, 0.29) is 17.2 Å². The Morgan fingerprint density at radius 3 is 2.07 bits per heavy atom. The zero-order valence-electron chi connectivity index (χ0n) is 15.8. The van der Waals surface area contributed by atoms with Gasteiger partial charge in [0.1, 0.15) is 0 Å². The molecule has 2 aromatic rings. The Labute approximate surface area is 175 Å². The molecule has 0 aromatic heterocycles. The molecule has 0 saturated heterocycles. The lowest BCUT2D eigenvalue weighted by Gasteiger charge is -2.15. The van der Waals surface area contributed by atoms with E-state index in [2.05, 4.69) is 14.8 Å². The third-order valence-corrected chi connectivity index (χ3v) is 7.15. The van der Waals surface area contributed by atoms with Crippen LogP contribution in [-0.2, 0) is 37.1 Å². The molecule has 158 valence electrons. The number of carbonyl (C=O) groups excluding carboxylic acids is 1. The van der Waals surface area contributed by atoms with Gasteiger partial charge in [-0.25, -0.2) is 21.6 Å². The first-order chi connectivity index (χ1) is 13.5. The van der Waals surface area contributed by atoms with Crippen molar-refractivity contribution in [3.8, 4) is 0 Å². The molecule has 0 heterocycles. The second-order valence-electron chi connectivity index (χ2n) is 6.29. The highest BCUT2D eigenvalue weighted by molar-refractivity contribution is 7.89. The van der Waals surface area contributed by atoms with Gasteiger partial charge in [-0.1, -0.05) is 35.9 Å². The first-order valence-corrected chi connectivity index (χ1v) is 12.1. The fourth-order valence-corrected chi connectivity index (χ4v) is 4.46. The summed E-state index contributed by atoms with van der Waals surface area (Å²) in [4.78, 5) is 12.2. The van der Waals surface area contributed by atoms with Crippen LogP contribution < -0.4 is 14.8 Å². The van der Waals surface area contributed by atoms with Crippen molar-refractivity contribution in [3.63, 3.8) is 0 Å². The largest absolute Gasteiger partial charge is 0.351 e. The van der Waals surface area contributed by atoms with Crippen LogP contribution in [0.25, 0.3) is 0 Å². The molecule has 2 rings (SSSR count). The average molecular weight is 460 g/mol. The molecule has 8 nitrogen and oxygen atoms in total. The maximum Gasteiger partial charge on any atom is 0.241 e. The quantitative estimate of drug-likeness (QED) is 0.523. The van der Waals surface area contributed by atoms with Gasteiger partial charge in [0.2, 0.25) is 26.0 Å². The first kappa shape index (κ1) is 23.3. The van der Waals surface area contributed by atoms with Gasteiger partial charge >= 0.3 is 0 Å². The molecule has 0 radical (unpaired) electrons. The van der Waals surface area contributed by atoms with Gasteiger partial charge in [-0.3, -0.25) is 4.79 Å². The van der Waals surface area contributed by atoms with Crippen molar-refractivity contribution in [2.75, 3.05) is 7.05 Å². The van der Waals surface area contributed by atoms with E-state index in [4.69, 9.17) is 11.6 Å². The average Bonchev–Trinajstić information content (AvgIpc) is 2.67. The number of rotatable bonds is 9. The Bertz CT molecular complexity index is 1050. The molecule has 2 aromatic carbocycles. The Morgan fingerprint density at radius 1 is 0.966 bits per heavy atom. The zero-order chi connectivity index (χ0) is 21.7. The molecule has 0 saturated carbocycles. The molecule has 3 N–H and O–H groups in total. The van der Waals surface area contributed by atoms with E-state index in [1.54, 1.807) is 24.3 Å². The maximum atomic E-state index is 12.3. The minimum absolute atomic E-state index is 0.00802. The molecule has 0 spiro atoms. The van der Waals surface area contributed by atoms with Gasteiger partial charge in [0.15, 0.2) is 0 Å². The molecule has 29 heavy (non-hydrogen) atoms. The fraction of sp³-hybridized carbons (Fsp3) is 0.278. The summed E-state index contributed by atoms with van der Waals surface area (Å²) in [7, 11) is -5.87. The van der Waals surface area contributed by atoms with Crippen LogP contribution in [0.4, 0.5) is 0 Å². The lowest BCUT2D eigenvalue weighted by Crippen LogP contribution is -2.44. The first-order valence-electron chi connectivity index (χ1n) is 8.57. The smallest absolute Gasteiger partial charge is 0.241 e. The number of amides is 1. The highest BCUT2D eigenvalue weighted by Crippen LogP contribution is 2.14. The number of hydrogen-bond donors (Lipinski definition) is 3. The van der Waals surface area contributed by atoms with E-state index in [1.807, 2.05) is 0 Å². The summed E-state index contributed by atoms with van der Waals surface area (Å²) in [5.41, 5.74) is 1.36. The van der Waals surface area contributed by atoms with Gasteiger partial charge in [-0.05, 0) is 49.4 Å². The molecule has 1 amide bonds. The van der Waals surface area contributed by atoms with Crippen molar-refractivity contribution >= 4 is 37.6 Å². The number of halogens is 1. The summed E-state index contributed by atoms with van der Waals surface area (Å²) in [5, 5.41) is 3.05. The molecule has 0 unspecified atom stereocenters. The van der Waals surface area contributed by atoms with Crippen molar-refractivity contribution in [3.05, 3.63) is 64.7 Å². The highest BCUT2D eigenvalue weighted by Gasteiger charge is 2.21. The van der Waals surface area contributed by atoms with E-state index in [1.165, 1.54) is 38.2 Å². The Hall–Kier alpha value is -1.98. The van der Waals surface area contributed by atoms with E-state index < -0.39 is 32.0 Å². The molecule has 0 aliphatic heterocycles. The number of sulfonamides is 2. The lowest BCUT2D eigenvalue weighted by molar-refractivity contribution is -0.122. The Morgan fingerprint density at radius 2 is 1.52 bits per heavy atom. The number of nitrogens with one attached hydrogen (secondary N) is 3. The van der Waals surface area contributed by atoms with Crippen molar-refractivity contribution in [1.82, 2.24) is 14.8 Å². The van der Waals surface area contributed by atoms with Gasteiger partial charge in [0, 0.05) is 11.6 Å². The number of benzene rings is 2. The van der Waals surface area contributed by atoms with Crippen molar-refractivity contribution in [2.45, 2.75) is 30.2 Å². The topological polar surface area (TPSA) is 121 Å². The summed E-state index contributed by atoms with van der Waals surface area (Å²) in [5.74, 6) is -0.635. The molecule has 11 heteroatoms. The van der Waals surface area contributed by atoms with E-state index in [0.29, 0.717) is 10.6 Å². The Balaban J connectivity index is 1.92. The van der Waals surface area contributed by atoms with Crippen molar-refractivity contribution < 1.29 is 21.6 Å². The van der Waals surface area contributed by atoms with Gasteiger partial charge in [-0.2, -0.15) is 4.72 Å². The molecular weight excluding hydrogens is 438 g/mol. The molecular formula is C18H22ClN3O5S2. The maximum absolute atomic E-state index is 12.3. The van der Waals surface area contributed by atoms with Crippen LogP contribution in [-0.4, -0.2) is 35.8 Å². The van der Waals surface area contributed by atoms with Crippen LogP contribution in [0.5, 0.6) is 0 Å². The van der Waals surface area contributed by atoms with Gasteiger partial charge in [0.05, 0.1) is 16.7 Å². The monoisotopic (exact) mass is 459 g/mol. The molecule has 0 bridgehead atoms. The van der Waals surface area contributed by atoms with Crippen LogP contribution in [0, 0.1) is 0 Å². The third-order valence-electron chi connectivity index (χ3n) is 4.01. The van der Waals surface area contributed by atoms with Crippen LogP contribution in [0.1, 0.15) is 18.1 Å². The Kier molecular flexibility index (Phi) is 7.78. The summed E-state index contributed by atoms with van der Waals surface area (Å²) in [6.45, 7) is 1.61. The van der Waals surface area contributed by atoms with Crippen molar-refractivity contribution in [2.24, 2.45) is 0 Å². The minimum atomic E-state index is -3.86. The molecule has 0 aliphatic carbocycles. The van der Waals surface area contributed by atoms with Crippen LogP contribution in [0.15, 0.2) is 53.4 Å². The minimum Gasteiger partial charge on any atom is -0.351 e. The molecule has 1 atom stereocenters. The predicted octanol–water partition coefficient (Wildman–Crippen LogP) is 1.37. The lowest BCUT2D eigenvalue weighted by atomic mass is 10.1. The predicted molar refractivity (Wildman–Crippen MR) is 111 cm³/mol. The highest BCUT2D eigenvalue weighted by atomic mass is 35.5. The third kappa shape index (κ3) is 7.09.